The van der Waals surface area contributed by atoms with E-state index in [9.17, 15) is 0 Å². The summed E-state index contributed by atoms with van der Waals surface area (Å²) in [7, 11) is 0. The molecule has 23 heavy (non-hydrogen) atoms. The summed E-state index contributed by atoms with van der Waals surface area (Å²) in [6.07, 6.45) is 2.06. The van der Waals surface area contributed by atoms with E-state index in [1.54, 1.807) is 0 Å². The highest BCUT2D eigenvalue weighted by molar-refractivity contribution is 9.10. The van der Waals surface area contributed by atoms with E-state index in [0.29, 0.717) is 4.77 Å². The van der Waals surface area contributed by atoms with E-state index in [2.05, 4.69) is 81.7 Å². The Bertz CT molecular complexity index is 1040. The minimum absolute atomic E-state index is 0.694. The van der Waals surface area contributed by atoms with E-state index in [4.69, 9.17) is 12.2 Å². The first-order valence-corrected chi connectivity index (χ1v) is 8.48. The smallest absolute Gasteiger partial charge is 0.182 e. The van der Waals surface area contributed by atoms with E-state index in [1.165, 1.54) is 10.8 Å². The molecule has 4 aromatic rings. The number of nitrogens with zero attached hydrogens (tertiary/aromatic N) is 1. The first kappa shape index (κ1) is 14.4. The highest BCUT2D eigenvalue weighted by atomic mass is 79.9. The molecule has 0 radical (unpaired) electrons. The van der Waals surface area contributed by atoms with Crippen molar-refractivity contribution in [1.29, 1.82) is 0 Å². The SMILES string of the molecule is S=c1[nH]c(-c2ccc(Br)cc2)cn1-c1cccc2ccccc12. The molecule has 0 amide bonds. The first-order valence-electron chi connectivity index (χ1n) is 7.28. The third-order valence-electron chi connectivity index (χ3n) is 3.90. The van der Waals surface area contributed by atoms with Crippen molar-refractivity contribution in [1.82, 2.24) is 9.55 Å². The number of aromatic amines is 1. The van der Waals surface area contributed by atoms with Gasteiger partial charge in [-0.15, -0.1) is 0 Å². The maximum Gasteiger partial charge on any atom is 0.182 e. The topological polar surface area (TPSA) is 20.7 Å². The number of benzene rings is 3. The Hall–Kier alpha value is -2.17. The third-order valence-corrected chi connectivity index (χ3v) is 4.73. The van der Waals surface area contributed by atoms with Crippen LogP contribution < -0.4 is 0 Å². The molecule has 112 valence electrons. The van der Waals surface area contributed by atoms with Gasteiger partial charge in [0.25, 0.3) is 0 Å². The summed E-state index contributed by atoms with van der Waals surface area (Å²) in [6, 6.07) is 22.8. The van der Waals surface area contributed by atoms with Crippen LogP contribution in [0.15, 0.2) is 77.4 Å². The number of hydrogen-bond donors (Lipinski definition) is 1. The van der Waals surface area contributed by atoms with Crippen LogP contribution in [0.1, 0.15) is 0 Å². The van der Waals surface area contributed by atoms with Crippen molar-refractivity contribution < 1.29 is 0 Å². The molecule has 0 aliphatic carbocycles. The van der Waals surface area contributed by atoms with Crippen LogP contribution in [0, 0.1) is 4.77 Å². The Morgan fingerprint density at radius 3 is 2.43 bits per heavy atom. The van der Waals surface area contributed by atoms with E-state index in [-0.39, 0.29) is 0 Å². The molecule has 4 heteroatoms. The summed E-state index contributed by atoms with van der Waals surface area (Å²) in [6.45, 7) is 0. The van der Waals surface area contributed by atoms with Gasteiger partial charge in [0.2, 0.25) is 0 Å². The van der Waals surface area contributed by atoms with Gasteiger partial charge in [-0.3, -0.25) is 4.57 Å². The normalized spacial score (nSPS) is 11.0. The highest BCUT2D eigenvalue weighted by Crippen LogP contribution is 2.26. The molecular formula is C19H13BrN2S. The summed E-state index contributed by atoms with van der Waals surface area (Å²) in [4.78, 5) is 3.31. The zero-order valence-corrected chi connectivity index (χ0v) is 14.6. The monoisotopic (exact) mass is 380 g/mol. The lowest BCUT2D eigenvalue weighted by atomic mass is 10.1. The van der Waals surface area contributed by atoms with Gasteiger partial charge in [-0.05, 0) is 41.4 Å². The first-order chi connectivity index (χ1) is 11.2. The van der Waals surface area contributed by atoms with Crippen molar-refractivity contribution in [3.63, 3.8) is 0 Å². The van der Waals surface area contributed by atoms with Crippen molar-refractivity contribution in [3.8, 4) is 16.9 Å². The number of rotatable bonds is 2. The Morgan fingerprint density at radius 1 is 0.870 bits per heavy atom. The average Bonchev–Trinajstić information content (AvgIpc) is 2.96. The second-order valence-electron chi connectivity index (χ2n) is 5.35. The molecule has 1 aromatic heterocycles. The lowest BCUT2D eigenvalue weighted by Crippen LogP contribution is -1.93. The molecule has 1 heterocycles. The second kappa shape index (κ2) is 5.80. The molecule has 1 N–H and O–H groups in total. The van der Waals surface area contributed by atoms with Crippen LogP contribution in [0.2, 0.25) is 0 Å². The molecule has 0 spiro atoms. The molecule has 0 atom stereocenters. The lowest BCUT2D eigenvalue weighted by molar-refractivity contribution is 1.04. The van der Waals surface area contributed by atoms with Gasteiger partial charge in [0.15, 0.2) is 4.77 Å². The lowest BCUT2D eigenvalue weighted by Gasteiger charge is -2.07. The van der Waals surface area contributed by atoms with Gasteiger partial charge in [0.05, 0.1) is 11.4 Å². The minimum atomic E-state index is 0.694. The van der Waals surface area contributed by atoms with Crippen LogP contribution in [0.5, 0.6) is 0 Å². The van der Waals surface area contributed by atoms with E-state index < -0.39 is 0 Å². The molecule has 0 unspecified atom stereocenters. The van der Waals surface area contributed by atoms with Crippen LogP contribution in [-0.2, 0) is 0 Å². The summed E-state index contributed by atoms with van der Waals surface area (Å²) in [5.41, 5.74) is 3.21. The number of hydrogen-bond acceptors (Lipinski definition) is 1. The molecule has 4 rings (SSSR count). The Kier molecular flexibility index (Phi) is 3.63. The summed E-state index contributed by atoms with van der Waals surface area (Å²) >= 11 is 9.01. The fourth-order valence-electron chi connectivity index (χ4n) is 2.77. The van der Waals surface area contributed by atoms with Crippen LogP contribution in [0.3, 0.4) is 0 Å². The molecule has 0 bridgehead atoms. The zero-order chi connectivity index (χ0) is 15.8. The minimum Gasteiger partial charge on any atom is -0.330 e. The summed E-state index contributed by atoms with van der Waals surface area (Å²) in [5, 5.41) is 2.39. The van der Waals surface area contributed by atoms with E-state index in [0.717, 1.165) is 21.4 Å². The molecule has 2 nitrogen and oxygen atoms in total. The molecule has 0 aliphatic heterocycles. The zero-order valence-electron chi connectivity index (χ0n) is 12.2. The quantitative estimate of drug-likeness (QED) is 0.415. The number of fused-ring (bicyclic) bond motifs is 1. The van der Waals surface area contributed by atoms with Gasteiger partial charge in [0, 0.05) is 16.1 Å². The highest BCUT2D eigenvalue weighted by Gasteiger charge is 2.07. The number of halogens is 1. The predicted molar refractivity (Wildman–Crippen MR) is 102 cm³/mol. The number of H-pyrrole nitrogens is 1. The number of nitrogens with one attached hydrogen (secondary N) is 1. The molecular weight excluding hydrogens is 368 g/mol. The van der Waals surface area contributed by atoms with Gasteiger partial charge in [-0.1, -0.05) is 64.5 Å². The van der Waals surface area contributed by atoms with E-state index >= 15 is 0 Å². The molecule has 0 saturated carbocycles. The van der Waals surface area contributed by atoms with Crippen LogP contribution in [0.25, 0.3) is 27.7 Å². The molecule has 0 saturated heterocycles. The Morgan fingerprint density at radius 2 is 1.61 bits per heavy atom. The maximum absolute atomic E-state index is 5.54. The fraction of sp³-hybridized carbons (Fsp3) is 0. The average molecular weight is 381 g/mol. The van der Waals surface area contributed by atoms with Crippen LogP contribution in [0.4, 0.5) is 0 Å². The maximum atomic E-state index is 5.54. The second-order valence-corrected chi connectivity index (χ2v) is 6.65. The van der Waals surface area contributed by atoms with Crippen molar-refractivity contribution >= 4 is 38.9 Å². The molecule has 0 fully saturated rings. The van der Waals surface area contributed by atoms with Gasteiger partial charge in [-0.2, -0.15) is 0 Å². The summed E-state index contributed by atoms with van der Waals surface area (Å²) < 4.78 is 3.79. The van der Waals surface area contributed by atoms with Gasteiger partial charge in [0.1, 0.15) is 0 Å². The molecule has 3 aromatic carbocycles. The van der Waals surface area contributed by atoms with Crippen LogP contribution in [-0.4, -0.2) is 9.55 Å². The van der Waals surface area contributed by atoms with Gasteiger partial charge in [-0.25, -0.2) is 0 Å². The summed E-state index contributed by atoms with van der Waals surface area (Å²) in [5.74, 6) is 0. The number of aromatic nitrogens is 2. The predicted octanol–water partition coefficient (Wildman–Crippen LogP) is 6.12. The standard InChI is InChI=1S/C19H13BrN2S/c20-15-10-8-14(9-11-15)17-12-22(19(23)21-17)18-7-3-5-13-4-1-2-6-16(13)18/h1-12H,(H,21,23). The fourth-order valence-corrected chi connectivity index (χ4v) is 3.29. The Labute approximate surface area is 147 Å². The molecule has 0 aliphatic rings. The van der Waals surface area contributed by atoms with Crippen LogP contribution >= 0.6 is 28.1 Å². The van der Waals surface area contributed by atoms with Gasteiger partial charge < -0.3 is 4.98 Å². The van der Waals surface area contributed by atoms with Crippen molar-refractivity contribution in [2.24, 2.45) is 0 Å². The largest absolute Gasteiger partial charge is 0.330 e. The van der Waals surface area contributed by atoms with Crippen molar-refractivity contribution in [2.45, 2.75) is 0 Å². The van der Waals surface area contributed by atoms with Gasteiger partial charge >= 0.3 is 0 Å². The van der Waals surface area contributed by atoms with Crippen molar-refractivity contribution in [3.05, 3.63) is 82.2 Å². The third kappa shape index (κ3) is 2.64. The van der Waals surface area contributed by atoms with E-state index in [1.807, 2.05) is 16.7 Å². The Balaban J connectivity index is 1.90. The van der Waals surface area contributed by atoms with Crippen molar-refractivity contribution in [2.75, 3.05) is 0 Å². The number of imidazole rings is 1.